The Morgan fingerprint density at radius 3 is 2.52 bits per heavy atom. The molecule has 0 amide bonds. The van der Waals surface area contributed by atoms with E-state index in [0.29, 0.717) is 6.54 Å². The zero-order chi connectivity index (χ0) is 16.7. The van der Waals surface area contributed by atoms with Crippen molar-refractivity contribution >= 4 is 5.97 Å². The highest BCUT2D eigenvalue weighted by Crippen LogP contribution is 2.29. The predicted octanol–water partition coefficient (Wildman–Crippen LogP) is 4.32. The van der Waals surface area contributed by atoms with Crippen molar-refractivity contribution in [2.75, 3.05) is 6.61 Å². The lowest BCUT2D eigenvalue weighted by Crippen LogP contribution is -2.46. The van der Waals surface area contributed by atoms with E-state index in [1.807, 2.05) is 35.2 Å². The third-order valence-electron chi connectivity index (χ3n) is 4.64. The Morgan fingerprint density at radius 2 is 1.91 bits per heavy atom. The van der Waals surface area contributed by atoms with E-state index in [9.17, 15) is 4.79 Å². The monoisotopic (exact) mass is 321 g/mol. The SMILES string of the molecule is CCOC(=O)C(C)C(F)N(Cc1ccccc1)C1CCCCC1. The van der Waals surface area contributed by atoms with Crippen LogP contribution in [0.3, 0.4) is 0 Å². The number of carbonyl (C=O) groups excluding carboxylic acids is 1. The van der Waals surface area contributed by atoms with E-state index in [-0.39, 0.29) is 12.6 Å². The van der Waals surface area contributed by atoms with E-state index < -0.39 is 18.2 Å². The second-order valence-electron chi connectivity index (χ2n) is 6.36. The summed E-state index contributed by atoms with van der Waals surface area (Å²) in [5.74, 6) is -1.21. The van der Waals surface area contributed by atoms with E-state index in [2.05, 4.69) is 0 Å². The second kappa shape index (κ2) is 9.02. The highest BCUT2D eigenvalue weighted by atomic mass is 19.1. The first-order valence-electron chi connectivity index (χ1n) is 8.73. The van der Waals surface area contributed by atoms with Crippen LogP contribution in [0.2, 0.25) is 0 Å². The van der Waals surface area contributed by atoms with Crippen LogP contribution in [-0.4, -0.2) is 29.8 Å². The first-order chi connectivity index (χ1) is 11.1. The van der Waals surface area contributed by atoms with Crippen LogP contribution in [0.5, 0.6) is 0 Å². The summed E-state index contributed by atoms with van der Waals surface area (Å²) in [7, 11) is 0. The van der Waals surface area contributed by atoms with Gasteiger partial charge in [-0.05, 0) is 32.3 Å². The van der Waals surface area contributed by atoms with E-state index in [0.717, 1.165) is 31.2 Å². The maximum Gasteiger partial charge on any atom is 0.313 e. The van der Waals surface area contributed by atoms with Crippen molar-refractivity contribution in [3.05, 3.63) is 35.9 Å². The van der Waals surface area contributed by atoms with Gasteiger partial charge in [-0.3, -0.25) is 9.69 Å². The smallest absolute Gasteiger partial charge is 0.313 e. The van der Waals surface area contributed by atoms with Crippen molar-refractivity contribution in [1.29, 1.82) is 0 Å². The van der Waals surface area contributed by atoms with Gasteiger partial charge in [0.1, 0.15) is 0 Å². The number of carbonyl (C=O) groups is 1. The Labute approximate surface area is 138 Å². The number of nitrogens with zero attached hydrogens (tertiary/aromatic N) is 1. The maximum absolute atomic E-state index is 15.1. The number of alkyl halides is 1. The molecule has 23 heavy (non-hydrogen) atoms. The van der Waals surface area contributed by atoms with Crippen molar-refractivity contribution in [1.82, 2.24) is 4.90 Å². The maximum atomic E-state index is 15.1. The van der Waals surface area contributed by atoms with Gasteiger partial charge in [-0.2, -0.15) is 0 Å². The van der Waals surface area contributed by atoms with Gasteiger partial charge in [0.05, 0.1) is 12.5 Å². The van der Waals surface area contributed by atoms with Crippen LogP contribution in [0.1, 0.15) is 51.5 Å². The summed E-state index contributed by atoms with van der Waals surface area (Å²) >= 11 is 0. The summed E-state index contributed by atoms with van der Waals surface area (Å²) in [6.07, 6.45) is 4.19. The summed E-state index contributed by atoms with van der Waals surface area (Å²) in [5.41, 5.74) is 1.08. The van der Waals surface area contributed by atoms with Crippen LogP contribution in [0.4, 0.5) is 4.39 Å². The molecule has 2 atom stereocenters. The molecule has 3 nitrogen and oxygen atoms in total. The molecule has 1 aromatic rings. The Balaban J connectivity index is 2.12. The van der Waals surface area contributed by atoms with Crippen LogP contribution in [0, 0.1) is 5.92 Å². The molecular weight excluding hydrogens is 293 g/mol. The first kappa shape index (κ1) is 17.9. The van der Waals surface area contributed by atoms with Crippen molar-refractivity contribution in [2.45, 2.75) is 64.8 Å². The zero-order valence-electron chi connectivity index (χ0n) is 14.2. The molecule has 0 bridgehead atoms. The lowest BCUT2D eigenvalue weighted by Gasteiger charge is -2.38. The van der Waals surface area contributed by atoms with Crippen LogP contribution >= 0.6 is 0 Å². The van der Waals surface area contributed by atoms with Gasteiger partial charge in [-0.15, -0.1) is 0 Å². The van der Waals surface area contributed by atoms with Gasteiger partial charge in [-0.25, -0.2) is 4.39 Å². The Morgan fingerprint density at radius 1 is 1.26 bits per heavy atom. The fourth-order valence-electron chi connectivity index (χ4n) is 3.30. The molecule has 2 unspecified atom stereocenters. The molecule has 1 aliphatic carbocycles. The molecule has 0 heterocycles. The van der Waals surface area contributed by atoms with E-state index >= 15 is 4.39 Å². The molecule has 1 aliphatic rings. The van der Waals surface area contributed by atoms with E-state index in [1.165, 1.54) is 6.42 Å². The van der Waals surface area contributed by atoms with Gasteiger partial charge in [0.15, 0.2) is 6.30 Å². The number of esters is 1. The molecule has 0 aliphatic heterocycles. The summed E-state index contributed by atoms with van der Waals surface area (Å²) < 4.78 is 20.1. The van der Waals surface area contributed by atoms with Crippen LogP contribution in [0.25, 0.3) is 0 Å². The number of ether oxygens (including phenoxy) is 1. The van der Waals surface area contributed by atoms with Gasteiger partial charge >= 0.3 is 5.97 Å². The summed E-state index contributed by atoms with van der Waals surface area (Å²) in [4.78, 5) is 13.8. The standard InChI is InChI=1S/C19H28FNO2/c1-3-23-19(22)15(2)18(20)21(17-12-8-5-9-13-17)14-16-10-6-4-7-11-16/h4,6-7,10-11,15,17-18H,3,5,8-9,12-14H2,1-2H3. The molecule has 0 spiro atoms. The average Bonchev–Trinajstić information content (AvgIpc) is 2.60. The first-order valence-corrected chi connectivity index (χ1v) is 8.73. The molecule has 1 saturated carbocycles. The van der Waals surface area contributed by atoms with Crippen molar-refractivity contribution in [2.24, 2.45) is 5.92 Å². The minimum atomic E-state index is -1.31. The largest absolute Gasteiger partial charge is 0.466 e. The van der Waals surface area contributed by atoms with Gasteiger partial charge < -0.3 is 4.74 Å². The van der Waals surface area contributed by atoms with Crippen molar-refractivity contribution in [3.63, 3.8) is 0 Å². The molecule has 0 radical (unpaired) electrons. The van der Waals surface area contributed by atoms with Crippen LogP contribution in [0.15, 0.2) is 30.3 Å². The molecule has 0 N–H and O–H groups in total. The average molecular weight is 321 g/mol. The summed E-state index contributed by atoms with van der Waals surface area (Å²) in [5, 5.41) is 0. The Kier molecular flexibility index (Phi) is 7.03. The quantitative estimate of drug-likeness (QED) is 0.553. The lowest BCUT2D eigenvalue weighted by atomic mass is 9.92. The molecule has 128 valence electrons. The topological polar surface area (TPSA) is 29.5 Å². The Hall–Kier alpha value is -1.42. The molecule has 1 fully saturated rings. The molecular formula is C19H28FNO2. The number of hydrogen-bond donors (Lipinski definition) is 0. The van der Waals surface area contributed by atoms with Gasteiger partial charge in [0.25, 0.3) is 0 Å². The van der Waals surface area contributed by atoms with Crippen molar-refractivity contribution < 1.29 is 13.9 Å². The third kappa shape index (κ3) is 5.03. The number of rotatable bonds is 7. The minimum absolute atomic E-state index is 0.204. The molecule has 0 saturated heterocycles. The lowest BCUT2D eigenvalue weighted by molar-refractivity contribution is -0.154. The van der Waals surface area contributed by atoms with Crippen LogP contribution < -0.4 is 0 Å². The molecule has 2 rings (SSSR count). The number of hydrogen-bond acceptors (Lipinski definition) is 3. The highest BCUT2D eigenvalue weighted by Gasteiger charge is 2.35. The molecule has 1 aromatic carbocycles. The molecule has 4 heteroatoms. The van der Waals surface area contributed by atoms with Crippen LogP contribution in [-0.2, 0) is 16.1 Å². The fourth-order valence-corrected chi connectivity index (χ4v) is 3.30. The van der Waals surface area contributed by atoms with E-state index in [1.54, 1.807) is 13.8 Å². The van der Waals surface area contributed by atoms with Gasteiger partial charge in [0, 0.05) is 12.6 Å². The predicted molar refractivity (Wildman–Crippen MR) is 89.6 cm³/mol. The normalized spacial score (nSPS) is 18.6. The van der Waals surface area contributed by atoms with Gasteiger partial charge in [0.2, 0.25) is 0 Å². The number of halogens is 1. The van der Waals surface area contributed by atoms with E-state index in [4.69, 9.17) is 4.74 Å². The third-order valence-corrected chi connectivity index (χ3v) is 4.64. The minimum Gasteiger partial charge on any atom is -0.466 e. The summed E-state index contributed by atoms with van der Waals surface area (Å²) in [6.45, 7) is 4.21. The zero-order valence-corrected chi connectivity index (χ0v) is 14.2. The number of benzene rings is 1. The highest BCUT2D eigenvalue weighted by molar-refractivity contribution is 5.72. The van der Waals surface area contributed by atoms with Crippen molar-refractivity contribution in [3.8, 4) is 0 Å². The second-order valence-corrected chi connectivity index (χ2v) is 6.36. The fraction of sp³-hybridized carbons (Fsp3) is 0.632. The summed E-state index contributed by atoms with van der Waals surface area (Å²) in [6, 6.07) is 10.1. The Bertz CT molecular complexity index is 474. The molecule has 0 aromatic heterocycles. The van der Waals surface area contributed by atoms with Gasteiger partial charge in [-0.1, -0.05) is 49.6 Å².